The molecule has 1 aromatic carbocycles. The molecule has 0 aromatic heterocycles. The number of ether oxygens (including phenoxy) is 3. The van der Waals surface area contributed by atoms with Gasteiger partial charge in [-0.2, -0.15) is 5.06 Å². The normalized spacial score (nSPS) is 24.9. The molecule has 2 heterocycles. The lowest BCUT2D eigenvalue weighted by molar-refractivity contribution is -0.204. The second kappa shape index (κ2) is 8.34. The Morgan fingerprint density at radius 2 is 1.93 bits per heavy atom. The first-order chi connectivity index (χ1) is 13.6. The van der Waals surface area contributed by atoms with Crippen molar-refractivity contribution >= 4 is 6.09 Å². The van der Waals surface area contributed by atoms with Crippen LogP contribution in [0.15, 0.2) is 42.2 Å². The predicted octanol–water partition coefficient (Wildman–Crippen LogP) is 3.70. The van der Waals surface area contributed by atoms with E-state index in [-0.39, 0.29) is 12.1 Å². The summed E-state index contributed by atoms with van der Waals surface area (Å²) in [7, 11) is 1.64. The molecular formula is C22H32N2O5. The fourth-order valence-electron chi connectivity index (χ4n) is 3.78. The summed E-state index contributed by atoms with van der Waals surface area (Å²) in [5.41, 5.74) is -0.300. The smallest absolute Gasteiger partial charge is 0.412 e. The molecule has 7 heteroatoms. The molecule has 0 unspecified atom stereocenters. The van der Waals surface area contributed by atoms with Crippen molar-refractivity contribution in [1.29, 1.82) is 0 Å². The van der Waals surface area contributed by atoms with Gasteiger partial charge >= 0.3 is 6.09 Å². The fourth-order valence-corrected chi connectivity index (χ4v) is 3.78. The molecule has 0 spiro atoms. The van der Waals surface area contributed by atoms with Gasteiger partial charge in [0.15, 0.2) is 0 Å². The third-order valence-electron chi connectivity index (χ3n) is 5.02. The zero-order chi connectivity index (χ0) is 21.2. The third-order valence-corrected chi connectivity index (χ3v) is 5.02. The van der Waals surface area contributed by atoms with E-state index in [4.69, 9.17) is 19.0 Å². The maximum Gasteiger partial charge on any atom is 0.412 e. The molecule has 0 radical (unpaired) electrons. The van der Waals surface area contributed by atoms with Gasteiger partial charge in [-0.05, 0) is 46.3 Å². The molecule has 7 nitrogen and oxygen atoms in total. The van der Waals surface area contributed by atoms with Crippen LogP contribution in [0.1, 0.15) is 40.2 Å². The maximum atomic E-state index is 13.1. The summed E-state index contributed by atoms with van der Waals surface area (Å²) in [5, 5.41) is 1.88. The Hall–Kier alpha value is -2.09. The number of carbonyl (C=O) groups excluding carboxylic acids is 1. The van der Waals surface area contributed by atoms with Crippen molar-refractivity contribution in [1.82, 2.24) is 9.96 Å². The van der Waals surface area contributed by atoms with Crippen LogP contribution < -0.4 is 0 Å². The average molecular weight is 405 g/mol. The Labute approximate surface area is 173 Å². The number of nitrogens with zero attached hydrogens (tertiary/aromatic N) is 2. The predicted molar refractivity (Wildman–Crippen MR) is 109 cm³/mol. The van der Waals surface area contributed by atoms with Crippen molar-refractivity contribution in [2.75, 3.05) is 20.3 Å². The van der Waals surface area contributed by atoms with E-state index in [1.54, 1.807) is 12.0 Å². The van der Waals surface area contributed by atoms with Crippen molar-refractivity contribution in [3.63, 3.8) is 0 Å². The molecule has 2 aliphatic heterocycles. The number of benzene rings is 1. The van der Waals surface area contributed by atoms with Gasteiger partial charge in [-0.25, -0.2) is 4.79 Å². The lowest BCUT2D eigenvalue weighted by Gasteiger charge is -2.42. The second-order valence-electron chi connectivity index (χ2n) is 8.79. The molecule has 2 aliphatic rings. The zero-order valence-electron chi connectivity index (χ0n) is 18.2. The van der Waals surface area contributed by atoms with Crippen molar-refractivity contribution in [2.24, 2.45) is 0 Å². The number of carbonyl (C=O) groups is 1. The summed E-state index contributed by atoms with van der Waals surface area (Å²) in [5.74, 6) is 0.757. The second-order valence-corrected chi connectivity index (χ2v) is 8.79. The summed E-state index contributed by atoms with van der Waals surface area (Å²) < 4.78 is 17.4. The van der Waals surface area contributed by atoms with Crippen molar-refractivity contribution in [2.45, 2.75) is 64.6 Å². The molecule has 1 fully saturated rings. The lowest BCUT2D eigenvalue weighted by atomic mass is 10.0. The number of hydrogen-bond acceptors (Lipinski definition) is 6. The van der Waals surface area contributed by atoms with Gasteiger partial charge in [-0.1, -0.05) is 30.3 Å². The van der Waals surface area contributed by atoms with Crippen molar-refractivity contribution in [3.05, 3.63) is 47.7 Å². The first-order valence-corrected chi connectivity index (χ1v) is 9.96. The first kappa shape index (κ1) is 21.6. The van der Waals surface area contributed by atoms with Gasteiger partial charge in [0.25, 0.3) is 0 Å². The zero-order valence-corrected chi connectivity index (χ0v) is 18.2. The highest BCUT2D eigenvalue weighted by Crippen LogP contribution is 2.36. The monoisotopic (exact) mass is 404 g/mol. The van der Waals surface area contributed by atoms with Crippen LogP contribution >= 0.6 is 0 Å². The minimum absolute atomic E-state index is 0.316. The van der Waals surface area contributed by atoms with Gasteiger partial charge in [-0.15, -0.1) is 0 Å². The van der Waals surface area contributed by atoms with E-state index in [9.17, 15) is 4.79 Å². The van der Waals surface area contributed by atoms with Gasteiger partial charge in [0.1, 0.15) is 23.1 Å². The molecule has 29 heavy (non-hydrogen) atoms. The van der Waals surface area contributed by atoms with Crippen LogP contribution in [0.4, 0.5) is 4.79 Å². The quantitative estimate of drug-likeness (QED) is 0.763. The van der Waals surface area contributed by atoms with Gasteiger partial charge in [0, 0.05) is 0 Å². The van der Waals surface area contributed by atoms with Gasteiger partial charge in [0.2, 0.25) is 0 Å². The highest BCUT2D eigenvalue weighted by Gasteiger charge is 2.52. The summed E-state index contributed by atoms with van der Waals surface area (Å²) in [4.78, 5) is 20.7. The number of hydroxylamine groups is 2. The van der Waals surface area contributed by atoms with E-state index in [1.807, 2.05) is 76.1 Å². The number of rotatable bonds is 4. The lowest BCUT2D eigenvalue weighted by Crippen LogP contribution is -2.58. The summed E-state index contributed by atoms with van der Waals surface area (Å²) in [6.45, 7) is 10.6. The molecule has 1 saturated heterocycles. The molecule has 0 N–H and O–H groups in total. The van der Waals surface area contributed by atoms with Crippen LogP contribution in [0.25, 0.3) is 0 Å². The standard InChI is InChI=1S/C22H32N2O5/c1-21(2,3)29-20(25)24-17(15-27-22(24,4)5)19-18(26-6)12-13-28-23(19)14-16-10-8-7-9-11-16/h7-12,17,19H,13-15H2,1-6H3/t17-,19+/m0/s1. The average Bonchev–Trinajstić information content (AvgIpc) is 2.96. The first-order valence-electron chi connectivity index (χ1n) is 9.96. The number of hydrogen-bond donors (Lipinski definition) is 0. The van der Waals surface area contributed by atoms with Gasteiger partial charge < -0.3 is 14.2 Å². The van der Waals surface area contributed by atoms with E-state index in [0.29, 0.717) is 19.8 Å². The number of amides is 1. The van der Waals surface area contributed by atoms with E-state index in [1.165, 1.54) is 0 Å². The summed E-state index contributed by atoms with van der Waals surface area (Å²) >= 11 is 0. The molecule has 0 saturated carbocycles. The Bertz CT molecular complexity index is 741. The van der Waals surface area contributed by atoms with Gasteiger partial charge in [0.05, 0.1) is 32.9 Å². The Morgan fingerprint density at radius 1 is 1.24 bits per heavy atom. The van der Waals surface area contributed by atoms with Crippen molar-refractivity contribution < 1.29 is 23.8 Å². The van der Waals surface area contributed by atoms with Crippen LogP contribution in [0.3, 0.4) is 0 Å². The highest BCUT2D eigenvalue weighted by atomic mass is 16.7. The molecule has 0 aliphatic carbocycles. The third kappa shape index (κ3) is 4.91. The summed E-state index contributed by atoms with van der Waals surface area (Å²) in [6, 6.07) is 9.43. The molecule has 160 valence electrons. The fraction of sp³-hybridized carbons (Fsp3) is 0.591. The minimum atomic E-state index is -0.804. The molecule has 0 bridgehead atoms. The van der Waals surface area contributed by atoms with Crippen molar-refractivity contribution in [3.8, 4) is 0 Å². The highest BCUT2D eigenvalue weighted by molar-refractivity contribution is 5.70. The summed E-state index contributed by atoms with van der Waals surface area (Å²) in [6.07, 6.45) is 1.50. The van der Waals surface area contributed by atoms with Gasteiger partial charge in [-0.3, -0.25) is 9.74 Å². The molecule has 1 aromatic rings. The van der Waals surface area contributed by atoms with E-state index in [0.717, 1.165) is 11.3 Å². The van der Waals surface area contributed by atoms with Crippen LogP contribution in [0.2, 0.25) is 0 Å². The van der Waals surface area contributed by atoms with Crippen LogP contribution in [0, 0.1) is 0 Å². The largest absolute Gasteiger partial charge is 0.499 e. The van der Waals surface area contributed by atoms with Crippen LogP contribution in [0.5, 0.6) is 0 Å². The Balaban J connectivity index is 1.92. The number of methoxy groups -OCH3 is 1. The Kier molecular flexibility index (Phi) is 6.22. The van der Waals surface area contributed by atoms with Crippen LogP contribution in [-0.4, -0.2) is 59.8 Å². The molecule has 3 rings (SSSR count). The van der Waals surface area contributed by atoms with E-state index >= 15 is 0 Å². The molecule has 1 amide bonds. The minimum Gasteiger partial charge on any atom is -0.499 e. The van der Waals surface area contributed by atoms with E-state index < -0.39 is 17.4 Å². The molecule has 2 atom stereocenters. The Morgan fingerprint density at radius 3 is 2.55 bits per heavy atom. The van der Waals surface area contributed by atoms with E-state index in [2.05, 4.69) is 0 Å². The van der Waals surface area contributed by atoms with Crippen LogP contribution in [-0.2, 0) is 25.6 Å². The maximum absolute atomic E-state index is 13.1. The topological polar surface area (TPSA) is 60.5 Å². The SMILES string of the molecule is COC1=CCON(Cc2ccccc2)[C@@H]1[C@@H]1COC(C)(C)N1C(=O)OC(C)(C)C. The molecular weight excluding hydrogens is 372 g/mol.